The van der Waals surface area contributed by atoms with E-state index in [2.05, 4.69) is 67.2 Å². The zero-order valence-electron chi connectivity index (χ0n) is 16.7. The molecule has 2 aromatic rings. The SMILES string of the molecule is O=CN1CCN(c2cc(N3CCN(C/C=C/c4ccccc4)CC3)ncn2)CC1. The van der Waals surface area contributed by atoms with Crippen molar-refractivity contribution in [1.82, 2.24) is 19.8 Å². The highest BCUT2D eigenvalue weighted by atomic mass is 16.1. The smallest absolute Gasteiger partial charge is 0.209 e. The standard InChI is InChI=1S/C22H28N6O/c29-19-26-11-15-28(16-12-26)22-17-21(23-18-24-22)27-13-9-25(10-14-27)8-4-7-20-5-2-1-3-6-20/h1-7,17-19H,8-16H2/b7-4+. The highest BCUT2D eigenvalue weighted by Crippen LogP contribution is 2.20. The second kappa shape index (κ2) is 9.52. The maximum Gasteiger partial charge on any atom is 0.209 e. The number of rotatable bonds is 6. The fourth-order valence-electron chi connectivity index (χ4n) is 3.80. The number of anilines is 2. The fourth-order valence-corrected chi connectivity index (χ4v) is 3.80. The van der Waals surface area contributed by atoms with Crippen LogP contribution in [-0.4, -0.2) is 85.1 Å². The third kappa shape index (κ3) is 5.12. The lowest BCUT2D eigenvalue weighted by Crippen LogP contribution is -2.47. The van der Waals surface area contributed by atoms with Gasteiger partial charge in [0.2, 0.25) is 6.41 Å². The molecule has 2 aliphatic rings. The highest BCUT2D eigenvalue weighted by Gasteiger charge is 2.20. The molecule has 0 bridgehead atoms. The van der Waals surface area contributed by atoms with Gasteiger partial charge in [0.05, 0.1) is 0 Å². The third-order valence-corrected chi connectivity index (χ3v) is 5.60. The summed E-state index contributed by atoms with van der Waals surface area (Å²) >= 11 is 0. The Morgan fingerprint density at radius 1 is 0.828 bits per heavy atom. The van der Waals surface area contributed by atoms with Crippen LogP contribution in [0, 0.1) is 0 Å². The van der Waals surface area contributed by atoms with Gasteiger partial charge < -0.3 is 14.7 Å². The van der Waals surface area contributed by atoms with Crippen molar-refractivity contribution in [3.05, 3.63) is 54.4 Å². The first kappa shape index (κ1) is 19.4. The number of carbonyl (C=O) groups is 1. The zero-order chi connectivity index (χ0) is 19.9. The summed E-state index contributed by atoms with van der Waals surface area (Å²) in [6.45, 7) is 8.08. The summed E-state index contributed by atoms with van der Waals surface area (Å²) in [6.07, 6.45) is 7.02. The second-order valence-corrected chi connectivity index (χ2v) is 7.46. The van der Waals surface area contributed by atoms with Gasteiger partial charge in [-0.1, -0.05) is 42.5 Å². The van der Waals surface area contributed by atoms with Gasteiger partial charge in [-0.25, -0.2) is 9.97 Å². The molecular formula is C22H28N6O. The first-order valence-corrected chi connectivity index (χ1v) is 10.3. The number of nitrogens with zero attached hydrogens (tertiary/aromatic N) is 6. The largest absolute Gasteiger partial charge is 0.354 e. The predicted molar refractivity (Wildman–Crippen MR) is 116 cm³/mol. The lowest BCUT2D eigenvalue weighted by atomic mass is 10.2. The minimum Gasteiger partial charge on any atom is -0.354 e. The van der Waals surface area contributed by atoms with E-state index >= 15 is 0 Å². The van der Waals surface area contributed by atoms with E-state index in [0.29, 0.717) is 0 Å². The number of carbonyl (C=O) groups excluding carboxylic acids is 1. The van der Waals surface area contributed by atoms with Gasteiger partial charge in [-0.15, -0.1) is 0 Å². The highest BCUT2D eigenvalue weighted by molar-refractivity contribution is 5.53. The minimum atomic E-state index is 0.748. The Balaban J connectivity index is 1.28. The van der Waals surface area contributed by atoms with Gasteiger partial charge in [0.1, 0.15) is 18.0 Å². The monoisotopic (exact) mass is 392 g/mol. The van der Waals surface area contributed by atoms with Crippen molar-refractivity contribution in [2.24, 2.45) is 0 Å². The van der Waals surface area contributed by atoms with Crippen molar-refractivity contribution in [3.63, 3.8) is 0 Å². The summed E-state index contributed by atoms with van der Waals surface area (Å²) in [4.78, 5) is 28.7. The maximum absolute atomic E-state index is 10.9. The Bertz CT molecular complexity index is 811. The van der Waals surface area contributed by atoms with E-state index in [9.17, 15) is 4.79 Å². The van der Waals surface area contributed by atoms with E-state index in [1.54, 1.807) is 6.33 Å². The molecule has 0 N–H and O–H groups in total. The van der Waals surface area contributed by atoms with Gasteiger partial charge >= 0.3 is 0 Å². The molecule has 2 aliphatic heterocycles. The summed E-state index contributed by atoms with van der Waals surface area (Å²) < 4.78 is 0. The summed E-state index contributed by atoms with van der Waals surface area (Å²) in [7, 11) is 0. The van der Waals surface area contributed by atoms with Crippen LogP contribution >= 0.6 is 0 Å². The van der Waals surface area contributed by atoms with Crippen molar-refractivity contribution >= 4 is 24.1 Å². The number of hydrogen-bond donors (Lipinski definition) is 0. The first-order valence-electron chi connectivity index (χ1n) is 10.3. The van der Waals surface area contributed by atoms with E-state index in [1.165, 1.54) is 5.56 Å². The van der Waals surface area contributed by atoms with Crippen LogP contribution in [0.25, 0.3) is 6.08 Å². The number of amides is 1. The number of benzene rings is 1. The molecule has 0 spiro atoms. The molecule has 0 saturated carbocycles. The zero-order valence-corrected chi connectivity index (χ0v) is 16.7. The Labute approximate surface area is 172 Å². The summed E-state index contributed by atoms with van der Waals surface area (Å²) in [5.41, 5.74) is 1.24. The lowest BCUT2D eigenvalue weighted by molar-refractivity contribution is -0.118. The van der Waals surface area contributed by atoms with E-state index in [0.717, 1.165) is 76.9 Å². The van der Waals surface area contributed by atoms with Crippen LogP contribution in [-0.2, 0) is 4.79 Å². The Morgan fingerprint density at radius 2 is 1.45 bits per heavy atom. The normalized spacial score (nSPS) is 18.4. The van der Waals surface area contributed by atoms with Crippen molar-refractivity contribution in [3.8, 4) is 0 Å². The number of piperazine rings is 2. The average Bonchev–Trinajstić information content (AvgIpc) is 2.80. The molecule has 1 amide bonds. The molecule has 4 rings (SSSR count). The molecule has 152 valence electrons. The fraction of sp³-hybridized carbons (Fsp3) is 0.409. The van der Waals surface area contributed by atoms with Crippen LogP contribution in [0.3, 0.4) is 0 Å². The van der Waals surface area contributed by atoms with Gasteiger partial charge in [0, 0.05) is 65.0 Å². The lowest BCUT2D eigenvalue weighted by Gasteiger charge is -2.36. The summed E-state index contributed by atoms with van der Waals surface area (Å²) in [6, 6.07) is 12.5. The molecule has 2 fully saturated rings. The molecule has 2 saturated heterocycles. The van der Waals surface area contributed by atoms with Crippen LogP contribution in [0.1, 0.15) is 5.56 Å². The van der Waals surface area contributed by atoms with E-state index in [4.69, 9.17) is 0 Å². The third-order valence-electron chi connectivity index (χ3n) is 5.60. The summed E-state index contributed by atoms with van der Waals surface area (Å²) in [5.74, 6) is 1.95. The van der Waals surface area contributed by atoms with Crippen LogP contribution in [0.5, 0.6) is 0 Å². The first-order chi connectivity index (χ1) is 14.3. The molecule has 7 heteroatoms. The van der Waals surface area contributed by atoms with Gasteiger partial charge in [-0.05, 0) is 5.56 Å². The number of hydrogen-bond acceptors (Lipinski definition) is 6. The molecule has 3 heterocycles. The average molecular weight is 393 g/mol. The molecule has 0 aliphatic carbocycles. The Hall–Kier alpha value is -2.93. The van der Waals surface area contributed by atoms with E-state index < -0.39 is 0 Å². The Morgan fingerprint density at radius 3 is 2.07 bits per heavy atom. The predicted octanol–water partition coefficient (Wildman–Crippen LogP) is 1.59. The molecule has 0 atom stereocenters. The van der Waals surface area contributed by atoms with Gasteiger partial charge in [-0.3, -0.25) is 9.69 Å². The second-order valence-electron chi connectivity index (χ2n) is 7.46. The van der Waals surface area contributed by atoms with Crippen molar-refractivity contribution < 1.29 is 4.79 Å². The van der Waals surface area contributed by atoms with Gasteiger partial charge in [0.15, 0.2) is 0 Å². The maximum atomic E-state index is 10.9. The molecule has 29 heavy (non-hydrogen) atoms. The molecule has 1 aromatic heterocycles. The quantitative estimate of drug-likeness (QED) is 0.696. The molecule has 7 nitrogen and oxygen atoms in total. The van der Waals surface area contributed by atoms with Gasteiger partial charge in [0.25, 0.3) is 0 Å². The Kier molecular flexibility index (Phi) is 6.36. The summed E-state index contributed by atoms with van der Waals surface area (Å²) in [5, 5.41) is 0. The minimum absolute atomic E-state index is 0.748. The van der Waals surface area contributed by atoms with Crippen LogP contribution in [0.15, 0.2) is 48.8 Å². The number of aromatic nitrogens is 2. The van der Waals surface area contributed by atoms with E-state index in [-0.39, 0.29) is 0 Å². The molecular weight excluding hydrogens is 364 g/mol. The van der Waals surface area contributed by atoms with Crippen molar-refractivity contribution in [1.29, 1.82) is 0 Å². The van der Waals surface area contributed by atoms with Crippen molar-refractivity contribution in [2.75, 3.05) is 68.7 Å². The topological polar surface area (TPSA) is 55.8 Å². The van der Waals surface area contributed by atoms with Crippen LogP contribution in [0.4, 0.5) is 11.6 Å². The molecule has 1 aromatic carbocycles. The van der Waals surface area contributed by atoms with Gasteiger partial charge in [-0.2, -0.15) is 0 Å². The molecule has 0 radical (unpaired) electrons. The van der Waals surface area contributed by atoms with Crippen LogP contribution < -0.4 is 9.80 Å². The van der Waals surface area contributed by atoms with E-state index in [1.807, 2.05) is 11.0 Å². The van der Waals surface area contributed by atoms with Crippen molar-refractivity contribution in [2.45, 2.75) is 0 Å². The molecule has 0 unspecified atom stereocenters. The van der Waals surface area contributed by atoms with Crippen LogP contribution in [0.2, 0.25) is 0 Å².